The van der Waals surface area contributed by atoms with E-state index in [0.29, 0.717) is 18.7 Å². The fraction of sp³-hybridized carbons (Fsp3) is 0.500. The first-order valence-electron chi connectivity index (χ1n) is 8.47. The van der Waals surface area contributed by atoms with Gasteiger partial charge in [-0.05, 0) is 44.4 Å². The Bertz CT molecular complexity index is 663. The van der Waals surface area contributed by atoms with Crippen molar-refractivity contribution in [3.05, 3.63) is 48.0 Å². The number of aromatic nitrogens is 3. The molecule has 1 amide bonds. The van der Waals surface area contributed by atoms with E-state index < -0.39 is 0 Å². The van der Waals surface area contributed by atoms with Crippen LogP contribution in [0.1, 0.15) is 48.7 Å². The predicted octanol–water partition coefficient (Wildman–Crippen LogP) is 2.68. The van der Waals surface area contributed by atoms with E-state index in [9.17, 15) is 4.79 Å². The maximum absolute atomic E-state index is 13.0. The topological polar surface area (TPSA) is 60.2 Å². The van der Waals surface area contributed by atoms with E-state index >= 15 is 0 Å². The molecular weight excluding hydrogens is 304 g/mol. The van der Waals surface area contributed by atoms with Crippen molar-refractivity contribution >= 4 is 5.91 Å². The fourth-order valence-electron chi connectivity index (χ4n) is 2.88. The van der Waals surface area contributed by atoms with Crippen LogP contribution in [-0.2, 0) is 11.3 Å². The third kappa shape index (κ3) is 4.00. The van der Waals surface area contributed by atoms with Gasteiger partial charge in [-0.2, -0.15) is 5.10 Å². The lowest BCUT2D eigenvalue weighted by molar-refractivity contribution is 0.0507. The van der Waals surface area contributed by atoms with E-state index in [4.69, 9.17) is 4.74 Å². The van der Waals surface area contributed by atoms with Crippen LogP contribution in [-0.4, -0.2) is 44.8 Å². The number of amides is 1. The number of ether oxygens (including phenoxy) is 1. The SMILES string of the molecule is CC(C)n1cc(C(=O)N(Cc2ccncc2)CC2CCCO2)cn1. The molecule has 0 spiro atoms. The quantitative estimate of drug-likeness (QED) is 0.818. The van der Waals surface area contributed by atoms with Crippen molar-refractivity contribution in [1.82, 2.24) is 19.7 Å². The third-order valence-electron chi connectivity index (χ3n) is 4.24. The van der Waals surface area contributed by atoms with E-state index in [0.717, 1.165) is 25.0 Å². The van der Waals surface area contributed by atoms with E-state index in [2.05, 4.69) is 10.1 Å². The minimum Gasteiger partial charge on any atom is -0.376 e. The molecule has 1 atom stereocenters. The maximum Gasteiger partial charge on any atom is 0.257 e. The summed E-state index contributed by atoms with van der Waals surface area (Å²) in [5, 5.41) is 4.29. The van der Waals surface area contributed by atoms with Crippen molar-refractivity contribution in [1.29, 1.82) is 0 Å². The summed E-state index contributed by atoms with van der Waals surface area (Å²) < 4.78 is 7.53. The lowest BCUT2D eigenvalue weighted by Gasteiger charge is -2.25. The molecule has 2 aromatic rings. The van der Waals surface area contributed by atoms with Gasteiger partial charge in [-0.25, -0.2) is 0 Å². The molecule has 1 fully saturated rings. The lowest BCUT2D eigenvalue weighted by Crippen LogP contribution is -2.36. The third-order valence-corrected chi connectivity index (χ3v) is 4.24. The van der Waals surface area contributed by atoms with Gasteiger partial charge in [0.2, 0.25) is 0 Å². The van der Waals surface area contributed by atoms with Crippen molar-refractivity contribution in [2.75, 3.05) is 13.2 Å². The molecule has 1 unspecified atom stereocenters. The van der Waals surface area contributed by atoms with Crippen molar-refractivity contribution in [2.45, 2.75) is 45.4 Å². The second-order valence-corrected chi connectivity index (χ2v) is 6.48. The van der Waals surface area contributed by atoms with Crippen LogP contribution < -0.4 is 0 Å². The molecule has 0 radical (unpaired) electrons. The number of carbonyl (C=O) groups is 1. The van der Waals surface area contributed by atoms with Gasteiger partial charge in [0, 0.05) is 44.3 Å². The molecule has 24 heavy (non-hydrogen) atoms. The summed E-state index contributed by atoms with van der Waals surface area (Å²) in [6, 6.07) is 4.11. The molecule has 0 aliphatic carbocycles. The van der Waals surface area contributed by atoms with Crippen LogP contribution in [0.25, 0.3) is 0 Å². The minimum atomic E-state index is -0.00536. The Kier molecular flexibility index (Phi) is 5.25. The van der Waals surface area contributed by atoms with Crippen LogP contribution in [0.4, 0.5) is 0 Å². The summed E-state index contributed by atoms with van der Waals surface area (Å²) in [5.41, 5.74) is 1.68. The van der Waals surface area contributed by atoms with Gasteiger partial charge in [0.15, 0.2) is 0 Å². The Morgan fingerprint density at radius 1 is 1.42 bits per heavy atom. The first kappa shape index (κ1) is 16.6. The summed E-state index contributed by atoms with van der Waals surface area (Å²) in [6.45, 7) is 6.03. The first-order valence-corrected chi connectivity index (χ1v) is 8.47. The Labute approximate surface area is 142 Å². The molecule has 1 aliphatic heterocycles. The molecule has 1 saturated heterocycles. The van der Waals surface area contributed by atoms with E-state index in [1.165, 1.54) is 0 Å². The van der Waals surface area contributed by atoms with Crippen LogP contribution in [0.5, 0.6) is 0 Å². The lowest BCUT2D eigenvalue weighted by atomic mass is 10.2. The molecule has 2 aromatic heterocycles. The van der Waals surface area contributed by atoms with E-state index in [-0.39, 0.29) is 18.1 Å². The second kappa shape index (κ2) is 7.57. The Balaban J connectivity index is 1.77. The summed E-state index contributed by atoms with van der Waals surface area (Å²) in [4.78, 5) is 18.9. The van der Waals surface area contributed by atoms with E-state index in [1.807, 2.05) is 41.8 Å². The highest BCUT2D eigenvalue weighted by Gasteiger charge is 2.24. The number of pyridine rings is 1. The molecule has 6 heteroatoms. The molecule has 3 heterocycles. The standard InChI is InChI=1S/C18H24N4O2/c1-14(2)22-12-16(10-20-22)18(23)21(13-17-4-3-9-24-17)11-15-5-7-19-8-6-15/h5-8,10,12,14,17H,3-4,9,11,13H2,1-2H3. The zero-order valence-corrected chi connectivity index (χ0v) is 14.3. The summed E-state index contributed by atoms with van der Waals surface area (Å²) in [7, 11) is 0. The highest BCUT2D eigenvalue weighted by Crippen LogP contribution is 2.17. The monoisotopic (exact) mass is 328 g/mol. The Hall–Kier alpha value is -2.21. The van der Waals surface area contributed by atoms with Gasteiger partial charge >= 0.3 is 0 Å². The molecule has 3 rings (SSSR count). The normalized spacial score (nSPS) is 17.4. The molecular formula is C18H24N4O2. The van der Waals surface area contributed by atoms with Crippen molar-refractivity contribution < 1.29 is 9.53 Å². The molecule has 128 valence electrons. The highest BCUT2D eigenvalue weighted by molar-refractivity contribution is 5.93. The minimum absolute atomic E-state index is 0.00536. The molecule has 0 N–H and O–H groups in total. The average molecular weight is 328 g/mol. The van der Waals surface area contributed by atoms with Gasteiger partial charge in [-0.3, -0.25) is 14.5 Å². The van der Waals surface area contributed by atoms with Gasteiger partial charge in [-0.1, -0.05) is 0 Å². The van der Waals surface area contributed by atoms with Crippen LogP contribution >= 0.6 is 0 Å². The largest absolute Gasteiger partial charge is 0.376 e. The zero-order chi connectivity index (χ0) is 16.9. The number of hydrogen-bond donors (Lipinski definition) is 0. The number of rotatable bonds is 6. The zero-order valence-electron chi connectivity index (χ0n) is 14.3. The summed E-state index contributed by atoms with van der Waals surface area (Å²) in [5.74, 6) is -0.00536. The number of nitrogens with zero attached hydrogens (tertiary/aromatic N) is 4. The fourth-order valence-corrected chi connectivity index (χ4v) is 2.88. The van der Waals surface area contributed by atoms with Gasteiger partial charge < -0.3 is 9.64 Å². The van der Waals surface area contributed by atoms with Crippen LogP contribution in [0, 0.1) is 0 Å². The molecule has 1 aliphatic rings. The van der Waals surface area contributed by atoms with Crippen molar-refractivity contribution in [3.63, 3.8) is 0 Å². The highest BCUT2D eigenvalue weighted by atomic mass is 16.5. The average Bonchev–Trinajstić information content (AvgIpc) is 3.26. The molecule has 0 bridgehead atoms. The van der Waals surface area contributed by atoms with Gasteiger partial charge in [0.05, 0.1) is 17.9 Å². The van der Waals surface area contributed by atoms with Gasteiger partial charge in [0.1, 0.15) is 0 Å². The molecule has 6 nitrogen and oxygen atoms in total. The van der Waals surface area contributed by atoms with Crippen LogP contribution in [0.2, 0.25) is 0 Å². The molecule has 0 saturated carbocycles. The Morgan fingerprint density at radius 2 is 2.21 bits per heavy atom. The Morgan fingerprint density at radius 3 is 2.83 bits per heavy atom. The van der Waals surface area contributed by atoms with Gasteiger partial charge in [0.25, 0.3) is 5.91 Å². The summed E-state index contributed by atoms with van der Waals surface area (Å²) >= 11 is 0. The van der Waals surface area contributed by atoms with Crippen LogP contribution in [0.3, 0.4) is 0 Å². The summed E-state index contributed by atoms with van der Waals surface area (Å²) in [6.07, 6.45) is 9.16. The predicted molar refractivity (Wildman–Crippen MR) is 90.6 cm³/mol. The van der Waals surface area contributed by atoms with Crippen LogP contribution in [0.15, 0.2) is 36.9 Å². The van der Waals surface area contributed by atoms with Gasteiger partial charge in [-0.15, -0.1) is 0 Å². The molecule has 0 aromatic carbocycles. The number of carbonyl (C=O) groups excluding carboxylic acids is 1. The smallest absolute Gasteiger partial charge is 0.257 e. The van der Waals surface area contributed by atoms with E-state index in [1.54, 1.807) is 18.6 Å². The van der Waals surface area contributed by atoms with Crippen molar-refractivity contribution in [3.8, 4) is 0 Å². The second-order valence-electron chi connectivity index (χ2n) is 6.48. The first-order chi connectivity index (χ1) is 11.6. The van der Waals surface area contributed by atoms with Crippen molar-refractivity contribution in [2.24, 2.45) is 0 Å². The maximum atomic E-state index is 13.0. The number of hydrogen-bond acceptors (Lipinski definition) is 4.